The molecule has 134 valence electrons. The van der Waals surface area contributed by atoms with Crippen molar-refractivity contribution >= 4 is 11.9 Å². The molecule has 1 amide bonds. The van der Waals surface area contributed by atoms with Crippen molar-refractivity contribution in [2.45, 2.75) is 72.4 Å². The van der Waals surface area contributed by atoms with Gasteiger partial charge in [0.1, 0.15) is 12.6 Å². The van der Waals surface area contributed by atoms with E-state index in [2.05, 4.69) is 26.1 Å². The maximum Gasteiger partial charge on any atom is 0.328 e. The lowest BCUT2D eigenvalue weighted by atomic mass is 9.67. The number of esters is 1. The Morgan fingerprint density at radius 3 is 2.43 bits per heavy atom. The van der Waals surface area contributed by atoms with Gasteiger partial charge in [-0.3, -0.25) is 4.79 Å². The van der Waals surface area contributed by atoms with E-state index in [1.54, 1.807) is 0 Å². The van der Waals surface area contributed by atoms with E-state index < -0.39 is 12.0 Å². The molecular weight excluding hydrogens is 294 g/mol. The van der Waals surface area contributed by atoms with Crippen LogP contribution in [0.1, 0.15) is 60.3 Å². The quantitative estimate of drug-likeness (QED) is 0.730. The molecule has 3 atom stereocenters. The van der Waals surface area contributed by atoms with Crippen LogP contribution in [0.5, 0.6) is 0 Å². The second-order valence-corrected chi connectivity index (χ2v) is 7.65. The molecule has 0 heterocycles. The summed E-state index contributed by atoms with van der Waals surface area (Å²) >= 11 is 0. The van der Waals surface area contributed by atoms with Crippen molar-refractivity contribution < 1.29 is 19.1 Å². The number of carbonyl (C=O) groups is 2. The third kappa shape index (κ3) is 5.79. The summed E-state index contributed by atoms with van der Waals surface area (Å²) in [6.45, 7) is 10.5. The molecule has 1 aliphatic carbocycles. The summed E-state index contributed by atoms with van der Waals surface area (Å²) < 4.78 is 10.5. The first-order valence-electron chi connectivity index (χ1n) is 8.68. The van der Waals surface area contributed by atoms with Crippen LogP contribution in [0.25, 0.3) is 0 Å². The summed E-state index contributed by atoms with van der Waals surface area (Å²) in [5, 5.41) is 2.71. The van der Waals surface area contributed by atoms with Gasteiger partial charge in [-0.2, -0.15) is 0 Å². The van der Waals surface area contributed by atoms with Gasteiger partial charge in [0.2, 0.25) is 5.91 Å². The second kappa shape index (κ2) is 8.67. The standard InChI is InChI=1S/C18H33NO4/c1-12(2)16(17(21)22-6)19-15(20)11-23-14-8-7-9-18(5,10-14)13(3)4/h12-14,16H,7-11H2,1-6H3,(H,19,20)/t14?,16-,18?/m0/s1. The Balaban J connectivity index is 2.48. The highest BCUT2D eigenvalue weighted by Crippen LogP contribution is 2.42. The lowest BCUT2D eigenvalue weighted by Crippen LogP contribution is -2.47. The number of ether oxygens (including phenoxy) is 2. The van der Waals surface area contributed by atoms with E-state index in [1.807, 2.05) is 13.8 Å². The van der Waals surface area contributed by atoms with Gasteiger partial charge in [0.05, 0.1) is 13.2 Å². The van der Waals surface area contributed by atoms with Gasteiger partial charge >= 0.3 is 5.97 Å². The fraction of sp³-hybridized carbons (Fsp3) is 0.889. The molecule has 1 N–H and O–H groups in total. The lowest BCUT2D eigenvalue weighted by Gasteiger charge is -2.41. The first-order valence-corrected chi connectivity index (χ1v) is 8.68. The van der Waals surface area contributed by atoms with E-state index in [4.69, 9.17) is 9.47 Å². The molecule has 1 aliphatic rings. The molecule has 0 bridgehead atoms. The van der Waals surface area contributed by atoms with Gasteiger partial charge in [0, 0.05) is 0 Å². The molecule has 0 spiro atoms. The molecule has 5 nitrogen and oxygen atoms in total. The van der Waals surface area contributed by atoms with Crippen LogP contribution in [0.4, 0.5) is 0 Å². The number of hydrogen-bond donors (Lipinski definition) is 1. The Morgan fingerprint density at radius 2 is 1.91 bits per heavy atom. The summed E-state index contributed by atoms with van der Waals surface area (Å²) in [6.07, 6.45) is 4.46. The van der Waals surface area contributed by atoms with Crippen molar-refractivity contribution in [3.8, 4) is 0 Å². The largest absolute Gasteiger partial charge is 0.467 e. The van der Waals surface area contributed by atoms with Gasteiger partial charge in [0.15, 0.2) is 0 Å². The summed E-state index contributed by atoms with van der Waals surface area (Å²) in [7, 11) is 1.33. The lowest BCUT2D eigenvalue weighted by molar-refractivity contribution is -0.147. The Morgan fingerprint density at radius 1 is 1.26 bits per heavy atom. The van der Waals surface area contributed by atoms with E-state index in [9.17, 15) is 9.59 Å². The number of nitrogens with one attached hydrogen (secondary N) is 1. The highest BCUT2D eigenvalue weighted by atomic mass is 16.5. The molecule has 1 rings (SSSR count). The van der Waals surface area contributed by atoms with Crippen LogP contribution in [-0.4, -0.2) is 37.7 Å². The van der Waals surface area contributed by atoms with Crippen molar-refractivity contribution in [3.63, 3.8) is 0 Å². The van der Waals surface area contributed by atoms with Crippen LogP contribution in [0.3, 0.4) is 0 Å². The zero-order valence-corrected chi connectivity index (χ0v) is 15.5. The Bertz CT molecular complexity index is 408. The van der Waals surface area contributed by atoms with Gasteiger partial charge in [-0.25, -0.2) is 4.79 Å². The maximum atomic E-state index is 12.1. The SMILES string of the molecule is COC(=O)[C@@H](NC(=O)COC1CCCC(C)(C(C)C)C1)C(C)C. The second-order valence-electron chi connectivity index (χ2n) is 7.65. The van der Waals surface area contributed by atoms with Crippen molar-refractivity contribution in [2.75, 3.05) is 13.7 Å². The van der Waals surface area contributed by atoms with E-state index >= 15 is 0 Å². The summed E-state index contributed by atoms with van der Waals surface area (Å²) in [4.78, 5) is 23.7. The number of methoxy groups -OCH3 is 1. The summed E-state index contributed by atoms with van der Waals surface area (Å²) in [5.74, 6) is -0.0954. The maximum absolute atomic E-state index is 12.1. The zero-order chi connectivity index (χ0) is 17.6. The van der Waals surface area contributed by atoms with Crippen molar-refractivity contribution in [2.24, 2.45) is 17.3 Å². The third-order valence-corrected chi connectivity index (χ3v) is 5.25. The van der Waals surface area contributed by atoms with Gasteiger partial charge in [-0.05, 0) is 36.5 Å². The topological polar surface area (TPSA) is 64.6 Å². The number of rotatable bonds is 7. The summed E-state index contributed by atoms with van der Waals surface area (Å²) in [6, 6.07) is -0.622. The minimum absolute atomic E-state index is 0.000936. The fourth-order valence-electron chi connectivity index (χ4n) is 3.16. The van der Waals surface area contributed by atoms with E-state index in [1.165, 1.54) is 13.5 Å². The van der Waals surface area contributed by atoms with Gasteiger partial charge < -0.3 is 14.8 Å². The Labute approximate surface area is 140 Å². The molecule has 1 saturated carbocycles. The molecule has 23 heavy (non-hydrogen) atoms. The highest BCUT2D eigenvalue weighted by Gasteiger charge is 2.35. The van der Waals surface area contributed by atoms with Crippen LogP contribution in [0.2, 0.25) is 0 Å². The molecule has 0 aromatic carbocycles. The van der Waals surface area contributed by atoms with Crippen molar-refractivity contribution in [1.82, 2.24) is 5.32 Å². The number of hydrogen-bond acceptors (Lipinski definition) is 4. The normalized spacial score (nSPS) is 26.2. The van der Waals surface area contributed by atoms with Gasteiger partial charge in [-0.15, -0.1) is 0 Å². The van der Waals surface area contributed by atoms with Crippen LogP contribution in [0.15, 0.2) is 0 Å². The smallest absolute Gasteiger partial charge is 0.328 e. The molecule has 0 aromatic rings. The molecule has 0 radical (unpaired) electrons. The zero-order valence-electron chi connectivity index (χ0n) is 15.5. The molecule has 1 fully saturated rings. The molecule has 2 unspecified atom stereocenters. The predicted molar refractivity (Wildman–Crippen MR) is 89.9 cm³/mol. The van der Waals surface area contributed by atoms with Crippen LogP contribution in [0, 0.1) is 17.3 Å². The monoisotopic (exact) mass is 327 g/mol. The third-order valence-electron chi connectivity index (χ3n) is 5.25. The van der Waals surface area contributed by atoms with E-state index in [-0.39, 0.29) is 30.0 Å². The van der Waals surface area contributed by atoms with Gasteiger partial charge in [0.25, 0.3) is 0 Å². The first-order chi connectivity index (χ1) is 10.7. The molecule has 0 saturated heterocycles. The molecule has 0 aromatic heterocycles. The van der Waals surface area contributed by atoms with E-state index in [0.717, 1.165) is 19.3 Å². The minimum atomic E-state index is -0.622. The van der Waals surface area contributed by atoms with Crippen molar-refractivity contribution in [3.05, 3.63) is 0 Å². The Hall–Kier alpha value is -1.10. The highest BCUT2D eigenvalue weighted by molar-refractivity contribution is 5.85. The molecular formula is C18H33NO4. The van der Waals surface area contributed by atoms with E-state index in [0.29, 0.717) is 5.92 Å². The molecule has 0 aliphatic heterocycles. The Kier molecular flexibility index (Phi) is 7.52. The first kappa shape index (κ1) is 19.9. The molecule has 5 heteroatoms. The van der Waals surface area contributed by atoms with Crippen LogP contribution >= 0.6 is 0 Å². The van der Waals surface area contributed by atoms with Crippen LogP contribution in [-0.2, 0) is 19.1 Å². The summed E-state index contributed by atoms with van der Waals surface area (Å²) in [5.41, 5.74) is 0.284. The van der Waals surface area contributed by atoms with Crippen LogP contribution < -0.4 is 5.32 Å². The average molecular weight is 327 g/mol. The average Bonchev–Trinajstić information content (AvgIpc) is 2.49. The number of carbonyl (C=O) groups excluding carboxylic acids is 2. The van der Waals surface area contributed by atoms with Crippen molar-refractivity contribution in [1.29, 1.82) is 0 Å². The predicted octanol–water partition coefficient (Wildman–Crippen LogP) is 2.92. The van der Waals surface area contributed by atoms with Gasteiger partial charge in [-0.1, -0.05) is 41.0 Å². The minimum Gasteiger partial charge on any atom is -0.467 e. The number of amides is 1. The fourth-order valence-corrected chi connectivity index (χ4v) is 3.16.